The Morgan fingerprint density at radius 2 is 0.807 bits per heavy atom. The van der Waals surface area contributed by atoms with Crippen molar-refractivity contribution in [2.45, 2.75) is 6.42 Å². The van der Waals surface area contributed by atoms with Gasteiger partial charge in [-0.1, -0.05) is 152 Å². The van der Waals surface area contributed by atoms with Crippen molar-refractivity contribution in [3.8, 4) is 50.2 Å². The summed E-state index contributed by atoms with van der Waals surface area (Å²) in [6.07, 6.45) is 0.952. The highest BCUT2D eigenvalue weighted by atomic mass is 15.1. The van der Waals surface area contributed by atoms with Crippen LogP contribution in [0.5, 0.6) is 0 Å². The normalized spacial score (nSPS) is 11.8. The maximum Gasteiger partial charge on any atom is 0.0541 e. The van der Waals surface area contributed by atoms with Gasteiger partial charge in [0.15, 0.2) is 0 Å². The van der Waals surface area contributed by atoms with Crippen LogP contribution in [0.1, 0.15) is 11.1 Å². The summed E-state index contributed by atoms with van der Waals surface area (Å²) in [4.78, 5) is 2.39. The van der Waals surface area contributed by atoms with Gasteiger partial charge in [-0.2, -0.15) is 0 Å². The van der Waals surface area contributed by atoms with E-state index < -0.39 is 0 Å². The van der Waals surface area contributed by atoms with Crippen LogP contribution in [-0.2, 0) is 6.42 Å². The largest absolute Gasteiger partial charge is 0.310 e. The van der Waals surface area contributed by atoms with Crippen molar-refractivity contribution in [3.05, 3.63) is 230 Å². The van der Waals surface area contributed by atoms with Gasteiger partial charge in [0.05, 0.1) is 11.0 Å². The van der Waals surface area contributed by atoms with Crippen LogP contribution in [-0.4, -0.2) is 4.57 Å². The number of hydrogen-bond acceptors (Lipinski definition) is 1. The van der Waals surface area contributed by atoms with Crippen molar-refractivity contribution in [1.82, 2.24) is 4.57 Å². The second kappa shape index (κ2) is 13.7. The number of benzene rings is 9. The number of hydrogen-bond donors (Lipinski definition) is 0. The summed E-state index contributed by atoms with van der Waals surface area (Å²) in [5, 5.41) is 2.52. The maximum atomic E-state index is 2.39. The molecule has 0 fully saturated rings. The average Bonchev–Trinajstić information content (AvgIpc) is 3.83. The third kappa shape index (κ3) is 5.82. The van der Waals surface area contributed by atoms with Gasteiger partial charge in [0.25, 0.3) is 0 Å². The maximum absolute atomic E-state index is 2.39. The van der Waals surface area contributed by atoms with Gasteiger partial charge in [-0.05, 0) is 129 Å². The summed E-state index contributed by atoms with van der Waals surface area (Å²) in [7, 11) is 0. The van der Waals surface area contributed by atoms with Crippen LogP contribution in [0.25, 0.3) is 72.0 Å². The van der Waals surface area contributed by atoms with E-state index in [1.807, 2.05) is 0 Å². The van der Waals surface area contributed by atoms with Crippen LogP contribution < -0.4 is 4.90 Å². The molecule has 2 nitrogen and oxygen atoms in total. The van der Waals surface area contributed by atoms with Crippen molar-refractivity contribution in [2.75, 3.05) is 4.90 Å². The van der Waals surface area contributed by atoms with Crippen LogP contribution in [0.4, 0.5) is 17.1 Å². The van der Waals surface area contributed by atoms with Crippen LogP contribution in [0.15, 0.2) is 218 Å². The molecule has 0 saturated carbocycles. The van der Waals surface area contributed by atoms with Crippen molar-refractivity contribution < 1.29 is 0 Å². The van der Waals surface area contributed by atoms with E-state index in [0.717, 1.165) is 23.5 Å². The number of fused-ring (bicyclic) bond motifs is 6. The molecular weight excluding hydrogens is 689 g/mol. The van der Waals surface area contributed by atoms with Crippen LogP contribution in [0.3, 0.4) is 0 Å². The predicted molar refractivity (Wildman–Crippen MR) is 240 cm³/mol. The van der Waals surface area contributed by atoms with E-state index in [1.54, 1.807) is 0 Å². The number of rotatable bonds is 7. The minimum absolute atomic E-state index is 0.952. The zero-order valence-electron chi connectivity index (χ0n) is 31.4. The molecule has 0 bridgehead atoms. The first-order valence-electron chi connectivity index (χ1n) is 19.7. The SMILES string of the molecule is c1ccc(-c2ccc(-c3ccc(N(c4ccc(-c5ccc6c(c5)c5ccccc5n6-c5ccccc5)cc4)c4ccc5c(c4)Cc4ccccc4-5)cc3)cc2)cc1. The van der Waals surface area contributed by atoms with Gasteiger partial charge in [-0.25, -0.2) is 0 Å². The lowest BCUT2D eigenvalue weighted by molar-refractivity contribution is 1.18. The minimum atomic E-state index is 0.952. The Kier molecular flexibility index (Phi) is 7.93. The second-order valence-corrected chi connectivity index (χ2v) is 15.0. The smallest absolute Gasteiger partial charge is 0.0541 e. The highest BCUT2D eigenvalue weighted by Crippen LogP contribution is 2.43. The molecule has 2 heteroatoms. The summed E-state index contributed by atoms with van der Waals surface area (Å²) in [5.41, 5.74) is 19.7. The van der Waals surface area contributed by atoms with Gasteiger partial charge in [0.1, 0.15) is 0 Å². The van der Waals surface area contributed by atoms with E-state index in [0.29, 0.717) is 0 Å². The minimum Gasteiger partial charge on any atom is -0.310 e. The Hall–Kier alpha value is -7.42. The van der Waals surface area contributed by atoms with Gasteiger partial charge in [0, 0.05) is 33.5 Å². The molecule has 1 aliphatic carbocycles. The average molecular weight is 727 g/mol. The molecule has 0 aliphatic heterocycles. The molecule has 11 rings (SSSR count). The molecule has 1 heterocycles. The molecule has 0 atom stereocenters. The standard InChI is InChI=1S/C55H38N2/c1-3-11-38(12-4-1)39-19-21-40(22-20-39)41-23-28-47(29-24-41)56(49-32-33-51-45(36-49)35-44-13-7-8-16-50(44)51)48-30-25-42(26-31-48)43-27-34-55-53(37-43)52-17-9-10-18-54(52)57(55)46-14-5-2-6-15-46/h1-34,36-37H,35H2. The fourth-order valence-corrected chi connectivity index (χ4v) is 8.82. The van der Waals surface area contributed by atoms with Crippen LogP contribution >= 0.6 is 0 Å². The second-order valence-electron chi connectivity index (χ2n) is 15.0. The van der Waals surface area contributed by atoms with E-state index in [-0.39, 0.29) is 0 Å². The van der Waals surface area contributed by atoms with E-state index in [2.05, 4.69) is 228 Å². The summed E-state index contributed by atoms with van der Waals surface area (Å²) in [6.45, 7) is 0. The molecule has 10 aromatic rings. The molecule has 1 aromatic heterocycles. The highest BCUT2D eigenvalue weighted by Gasteiger charge is 2.21. The van der Waals surface area contributed by atoms with Crippen LogP contribution in [0.2, 0.25) is 0 Å². The molecule has 0 unspecified atom stereocenters. The molecule has 0 spiro atoms. The highest BCUT2D eigenvalue weighted by molar-refractivity contribution is 6.10. The Balaban J connectivity index is 0.963. The van der Waals surface area contributed by atoms with Crippen LogP contribution in [0, 0.1) is 0 Å². The molecule has 1 aliphatic rings. The summed E-state index contributed by atoms with van der Waals surface area (Å²) in [6, 6.07) is 79.6. The van der Waals surface area contributed by atoms with E-state index in [4.69, 9.17) is 0 Å². The van der Waals surface area contributed by atoms with Crippen molar-refractivity contribution in [2.24, 2.45) is 0 Å². The fraction of sp³-hybridized carbons (Fsp3) is 0.0182. The summed E-state index contributed by atoms with van der Waals surface area (Å²) < 4.78 is 2.37. The number of anilines is 3. The first-order valence-corrected chi connectivity index (χ1v) is 19.7. The Bertz CT molecular complexity index is 3050. The molecule has 57 heavy (non-hydrogen) atoms. The zero-order chi connectivity index (χ0) is 37.7. The van der Waals surface area contributed by atoms with E-state index in [9.17, 15) is 0 Å². The lowest BCUT2D eigenvalue weighted by Gasteiger charge is -2.26. The summed E-state index contributed by atoms with van der Waals surface area (Å²) in [5.74, 6) is 0. The number of para-hydroxylation sites is 2. The lowest BCUT2D eigenvalue weighted by Crippen LogP contribution is -2.10. The number of nitrogens with zero attached hydrogens (tertiary/aromatic N) is 2. The molecule has 0 N–H and O–H groups in total. The van der Waals surface area contributed by atoms with Crippen molar-refractivity contribution in [1.29, 1.82) is 0 Å². The van der Waals surface area contributed by atoms with Crippen molar-refractivity contribution in [3.63, 3.8) is 0 Å². The van der Waals surface area contributed by atoms with Gasteiger partial charge in [-0.3, -0.25) is 0 Å². The molecule has 268 valence electrons. The quantitative estimate of drug-likeness (QED) is 0.159. The fourth-order valence-electron chi connectivity index (χ4n) is 8.82. The molecule has 9 aromatic carbocycles. The summed E-state index contributed by atoms with van der Waals surface area (Å²) >= 11 is 0. The van der Waals surface area contributed by atoms with Gasteiger partial charge < -0.3 is 9.47 Å². The monoisotopic (exact) mass is 726 g/mol. The Labute approximate surface area is 333 Å². The topological polar surface area (TPSA) is 8.17 Å². The third-order valence-electron chi connectivity index (χ3n) is 11.6. The predicted octanol–water partition coefficient (Wildman–Crippen LogP) is 14.8. The van der Waals surface area contributed by atoms with Gasteiger partial charge in [-0.15, -0.1) is 0 Å². The van der Waals surface area contributed by atoms with Gasteiger partial charge >= 0.3 is 0 Å². The Morgan fingerprint density at radius 1 is 0.316 bits per heavy atom. The molecule has 0 radical (unpaired) electrons. The van der Waals surface area contributed by atoms with Crippen molar-refractivity contribution >= 4 is 38.9 Å². The van der Waals surface area contributed by atoms with Gasteiger partial charge in [0.2, 0.25) is 0 Å². The lowest BCUT2D eigenvalue weighted by atomic mass is 9.99. The zero-order valence-corrected chi connectivity index (χ0v) is 31.4. The molecular formula is C55H38N2. The van der Waals surface area contributed by atoms with E-state index in [1.165, 1.54) is 83.1 Å². The molecule has 0 saturated heterocycles. The Morgan fingerprint density at radius 3 is 1.51 bits per heavy atom. The molecule has 0 amide bonds. The third-order valence-corrected chi connectivity index (χ3v) is 11.6. The first-order chi connectivity index (χ1) is 28.2. The first kappa shape index (κ1) is 33.0. The van der Waals surface area contributed by atoms with E-state index >= 15 is 0 Å². The number of aromatic nitrogens is 1.